The van der Waals surface area contributed by atoms with Crippen molar-refractivity contribution in [2.75, 3.05) is 24.5 Å². The number of piperazine rings is 1. The molecule has 0 radical (unpaired) electrons. The Hall–Kier alpha value is -1.81. The lowest BCUT2D eigenvalue weighted by molar-refractivity contribution is 0.447. The summed E-state index contributed by atoms with van der Waals surface area (Å²) in [5.74, 6) is 0. The van der Waals surface area contributed by atoms with Crippen LogP contribution in [-0.4, -0.2) is 30.7 Å². The summed E-state index contributed by atoms with van der Waals surface area (Å²) in [4.78, 5) is 16.7. The molecule has 4 nitrogen and oxygen atoms in total. The number of hydrogen-bond donors (Lipinski definition) is 2. The molecule has 1 aromatic heterocycles. The summed E-state index contributed by atoms with van der Waals surface area (Å²) >= 11 is 0. The molecular weight excluding hydrogens is 238 g/mol. The largest absolute Gasteiger partial charge is 0.369 e. The van der Waals surface area contributed by atoms with Crippen LogP contribution in [-0.2, 0) is 0 Å². The summed E-state index contributed by atoms with van der Waals surface area (Å²) in [6.45, 7) is 5.26. The number of aromatic amines is 1. The third-order valence-corrected chi connectivity index (χ3v) is 3.82. The number of fused-ring (bicyclic) bond motifs is 1. The van der Waals surface area contributed by atoms with Gasteiger partial charge in [0.05, 0.1) is 5.52 Å². The zero-order chi connectivity index (χ0) is 13.2. The first-order valence-electron chi connectivity index (χ1n) is 6.87. The topological polar surface area (TPSA) is 48.1 Å². The Balaban J connectivity index is 1.94. The van der Waals surface area contributed by atoms with E-state index in [1.807, 2.05) is 6.07 Å². The van der Waals surface area contributed by atoms with Gasteiger partial charge in [0, 0.05) is 37.4 Å². The Labute approximate surface area is 112 Å². The van der Waals surface area contributed by atoms with Gasteiger partial charge in [-0.15, -0.1) is 0 Å². The van der Waals surface area contributed by atoms with Crippen LogP contribution in [0.2, 0.25) is 0 Å². The molecule has 2 heterocycles. The van der Waals surface area contributed by atoms with E-state index in [1.165, 1.54) is 5.69 Å². The fraction of sp³-hybridized carbons (Fsp3) is 0.400. The summed E-state index contributed by atoms with van der Waals surface area (Å²) in [6.07, 6.45) is 1.14. The number of pyridine rings is 1. The molecule has 1 fully saturated rings. The van der Waals surface area contributed by atoms with E-state index in [1.54, 1.807) is 6.07 Å². The predicted molar refractivity (Wildman–Crippen MR) is 78.9 cm³/mol. The van der Waals surface area contributed by atoms with Crippen molar-refractivity contribution in [2.24, 2.45) is 0 Å². The van der Waals surface area contributed by atoms with Gasteiger partial charge in [-0.05, 0) is 30.0 Å². The van der Waals surface area contributed by atoms with Crippen LogP contribution in [0.15, 0.2) is 35.1 Å². The van der Waals surface area contributed by atoms with Crippen LogP contribution < -0.4 is 15.8 Å². The third kappa shape index (κ3) is 2.49. The number of hydrogen-bond acceptors (Lipinski definition) is 3. The number of rotatable bonds is 2. The summed E-state index contributed by atoms with van der Waals surface area (Å²) in [5, 5.41) is 4.59. The molecule has 1 aromatic carbocycles. The Kier molecular flexibility index (Phi) is 3.25. The van der Waals surface area contributed by atoms with Gasteiger partial charge in [-0.2, -0.15) is 0 Å². The van der Waals surface area contributed by atoms with Crippen molar-refractivity contribution in [1.82, 2.24) is 10.3 Å². The molecule has 19 heavy (non-hydrogen) atoms. The molecule has 1 unspecified atom stereocenters. The minimum Gasteiger partial charge on any atom is -0.369 e. The van der Waals surface area contributed by atoms with E-state index in [0.717, 1.165) is 37.0 Å². The second kappa shape index (κ2) is 5.05. The number of aromatic nitrogens is 1. The van der Waals surface area contributed by atoms with E-state index >= 15 is 0 Å². The lowest BCUT2D eigenvalue weighted by atomic mass is 10.1. The van der Waals surface area contributed by atoms with Crippen LogP contribution in [0.5, 0.6) is 0 Å². The number of H-pyrrole nitrogens is 1. The minimum absolute atomic E-state index is 0.0450. The first kappa shape index (κ1) is 12.2. The molecule has 2 aromatic rings. The van der Waals surface area contributed by atoms with Crippen LogP contribution in [0.3, 0.4) is 0 Å². The van der Waals surface area contributed by atoms with Crippen LogP contribution in [0, 0.1) is 0 Å². The highest BCUT2D eigenvalue weighted by Crippen LogP contribution is 2.21. The van der Waals surface area contributed by atoms with Gasteiger partial charge in [0.1, 0.15) is 0 Å². The van der Waals surface area contributed by atoms with Gasteiger partial charge in [-0.25, -0.2) is 0 Å². The molecule has 1 aliphatic rings. The molecule has 100 valence electrons. The summed E-state index contributed by atoms with van der Waals surface area (Å²) in [7, 11) is 0. The number of anilines is 1. The van der Waals surface area contributed by atoms with Gasteiger partial charge in [-0.1, -0.05) is 13.0 Å². The van der Waals surface area contributed by atoms with E-state index in [2.05, 4.69) is 40.3 Å². The van der Waals surface area contributed by atoms with E-state index in [9.17, 15) is 4.79 Å². The lowest BCUT2D eigenvalue weighted by Gasteiger charge is -2.35. The average Bonchev–Trinajstić information content (AvgIpc) is 2.46. The number of nitrogens with zero attached hydrogens (tertiary/aromatic N) is 1. The van der Waals surface area contributed by atoms with Gasteiger partial charge in [0.2, 0.25) is 5.56 Å². The van der Waals surface area contributed by atoms with E-state index in [-0.39, 0.29) is 5.56 Å². The Morgan fingerprint density at radius 2 is 2.16 bits per heavy atom. The average molecular weight is 257 g/mol. The van der Waals surface area contributed by atoms with Crippen molar-refractivity contribution in [1.29, 1.82) is 0 Å². The molecule has 0 bridgehead atoms. The molecule has 0 amide bonds. The smallest absolute Gasteiger partial charge is 0.248 e. The van der Waals surface area contributed by atoms with Crippen LogP contribution >= 0.6 is 0 Å². The fourth-order valence-corrected chi connectivity index (χ4v) is 2.67. The van der Waals surface area contributed by atoms with Crippen molar-refractivity contribution in [3.8, 4) is 0 Å². The zero-order valence-electron chi connectivity index (χ0n) is 11.1. The van der Waals surface area contributed by atoms with Crippen molar-refractivity contribution < 1.29 is 0 Å². The molecule has 0 aliphatic carbocycles. The van der Waals surface area contributed by atoms with Crippen molar-refractivity contribution in [3.63, 3.8) is 0 Å². The highest BCUT2D eigenvalue weighted by molar-refractivity contribution is 5.82. The van der Waals surface area contributed by atoms with Crippen molar-refractivity contribution in [2.45, 2.75) is 19.4 Å². The zero-order valence-corrected chi connectivity index (χ0v) is 11.1. The monoisotopic (exact) mass is 257 g/mol. The standard InChI is InChI=1S/C15H19N3O/c1-2-12-10-18(8-7-16-12)13-5-3-11-4-6-15(19)17-14(11)9-13/h3-6,9,12,16H,2,7-8,10H2,1H3,(H,17,19). The third-order valence-electron chi connectivity index (χ3n) is 3.82. The maximum absolute atomic E-state index is 11.4. The number of benzene rings is 1. The molecule has 1 saturated heterocycles. The molecule has 2 N–H and O–H groups in total. The maximum atomic E-state index is 11.4. The summed E-state index contributed by atoms with van der Waals surface area (Å²) in [6, 6.07) is 10.3. The first-order chi connectivity index (χ1) is 9.26. The highest BCUT2D eigenvalue weighted by atomic mass is 16.1. The van der Waals surface area contributed by atoms with Crippen LogP contribution in [0.1, 0.15) is 13.3 Å². The summed E-state index contributed by atoms with van der Waals surface area (Å²) in [5.41, 5.74) is 2.06. The Morgan fingerprint density at radius 1 is 1.32 bits per heavy atom. The van der Waals surface area contributed by atoms with E-state index < -0.39 is 0 Å². The Morgan fingerprint density at radius 3 is 3.00 bits per heavy atom. The van der Waals surface area contributed by atoms with Gasteiger partial charge in [-0.3, -0.25) is 4.79 Å². The first-order valence-corrected chi connectivity index (χ1v) is 6.87. The molecule has 0 spiro atoms. The number of nitrogens with one attached hydrogen (secondary N) is 2. The van der Waals surface area contributed by atoms with Gasteiger partial charge in [0.15, 0.2) is 0 Å². The molecule has 1 atom stereocenters. The molecule has 1 aliphatic heterocycles. The predicted octanol–water partition coefficient (Wildman–Crippen LogP) is 1.72. The molecule has 3 rings (SSSR count). The fourth-order valence-electron chi connectivity index (χ4n) is 2.67. The second-order valence-corrected chi connectivity index (χ2v) is 5.10. The van der Waals surface area contributed by atoms with Gasteiger partial charge < -0.3 is 15.2 Å². The van der Waals surface area contributed by atoms with Crippen LogP contribution in [0.4, 0.5) is 5.69 Å². The minimum atomic E-state index is -0.0450. The normalized spacial score (nSPS) is 19.8. The SMILES string of the molecule is CCC1CN(c2ccc3ccc(=O)[nH]c3c2)CCN1. The molecule has 4 heteroatoms. The lowest BCUT2D eigenvalue weighted by Crippen LogP contribution is -2.50. The van der Waals surface area contributed by atoms with E-state index in [4.69, 9.17) is 0 Å². The van der Waals surface area contributed by atoms with Gasteiger partial charge >= 0.3 is 0 Å². The van der Waals surface area contributed by atoms with Crippen molar-refractivity contribution >= 4 is 16.6 Å². The van der Waals surface area contributed by atoms with E-state index in [0.29, 0.717) is 6.04 Å². The second-order valence-electron chi connectivity index (χ2n) is 5.10. The highest BCUT2D eigenvalue weighted by Gasteiger charge is 2.18. The quantitative estimate of drug-likeness (QED) is 0.861. The summed E-state index contributed by atoms with van der Waals surface area (Å²) < 4.78 is 0. The van der Waals surface area contributed by atoms with Crippen LogP contribution in [0.25, 0.3) is 10.9 Å². The van der Waals surface area contributed by atoms with Gasteiger partial charge in [0.25, 0.3) is 0 Å². The Bertz CT molecular complexity index is 635. The molecule has 0 saturated carbocycles. The maximum Gasteiger partial charge on any atom is 0.248 e. The molecular formula is C15H19N3O. The van der Waals surface area contributed by atoms with Crippen molar-refractivity contribution in [3.05, 3.63) is 40.7 Å².